The van der Waals surface area contributed by atoms with E-state index in [1.165, 1.54) is 6.33 Å². The van der Waals surface area contributed by atoms with Crippen LogP contribution in [0.4, 0.5) is 28.7 Å². The van der Waals surface area contributed by atoms with Crippen LogP contribution < -0.4 is 10.6 Å². The number of aryl methyl sites for hydroxylation is 1. The van der Waals surface area contributed by atoms with Crippen LogP contribution >= 0.6 is 11.6 Å². The Balaban J connectivity index is 1.78. The molecule has 0 spiro atoms. The fraction of sp³-hybridized carbons (Fsp3) is 0.0667. The fourth-order valence-corrected chi connectivity index (χ4v) is 2.26. The molecule has 0 atom stereocenters. The molecule has 0 bridgehead atoms. The minimum Gasteiger partial charge on any atom is -0.340 e. The number of aromatic nitrogens is 4. The van der Waals surface area contributed by atoms with Crippen molar-refractivity contribution in [2.24, 2.45) is 0 Å². The molecule has 0 amide bonds. The molecule has 0 saturated heterocycles. The van der Waals surface area contributed by atoms with E-state index in [9.17, 15) is 10.1 Å². The lowest BCUT2D eigenvalue weighted by atomic mass is 10.2. The molecule has 3 rings (SSSR count). The lowest BCUT2D eigenvalue weighted by Crippen LogP contribution is -2.01. The van der Waals surface area contributed by atoms with Gasteiger partial charge in [0.2, 0.25) is 11.0 Å². The molecule has 0 radical (unpaired) electrons. The topological polar surface area (TPSA) is 119 Å². The van der Waals surface area contributed by atoms with Gasteiger partial charge >= 0.3 is 5.69 Å². The molecule has 126 valence electrons. The standard InChI is InChI=1S/C15H12ClN7O2/c1-9-6-12(18-7-17-9)21-10-2-4-11(5-3-10)22-15-13(23(24)25)14(16)19-8-20-15/h2-8H,1H3,(H,17,18,21)(H,19,20,22). The number of anilines is 4. The van der Waals surface area contributed by atoms with E-state index < -0.39 is 4.92 Å². The molecule has 0 unspecified atom stereocenters. The SMILES string of the molecule is Cc1cc(Nc2ccc(Nc3ncnc(Cl)c3[N+](=O)[O-])cc2)ncn1. The van der Waals surface area contributed by atoms with Gasteiger partial charge in [-0.05, 0) is 31.2 Å². The second-order valence-electron chi connectivity index (χ2n) is 4.99. The third-order valence-electron chi connectivity index (χ3n) is 3.18. The van der Waals surface area contributed by atoms with Gasteiger partial charge in [-0.1, -0.05) is 11.6 Å². The van der Waals surface area contributed by atoms with Crippen LogP contribution in [-0.2, 0) is 0 Å². The molecule has 0 fully saturated rings. The van der Waals surface area contributed by atoms with Crippen molar-refractivity contribution in [2.75, 3.05) is 10.6 Å². The Kier molecular flexibility index (Phi) is 4.66. The monoisotopic (exact) mass is 357 g/mol. The second-order valence-corrected chi connectivity index (χ2v) is 5.35. The summed E-state index contributed by atoms with van der Waals surface area (Å²) in [5, 5.41) is 16.9. The largest absolute Gasteiger partial charge is 0.348 e. The zero-order chi connectivity index (χ0) is 17.8. The van der Waals surface area contributed by atoms with E-state index in [1.807, 2.05) is 13.0 Å². The summed E-state index contributed by atoms with van der Waals surface area (Å²) in [6, 6.07) is 8.91. The minimum atomic E-state index is -0.627. The normalized spacial score (nSPS) is 10.3. The zero-order valence-corrected chi connectivity index (χ0v) is 13.7. The van der Waals surface area contributed by atoms with Crippen molar-refractivity contribution in [3.05, 3.63) is 63.9 Å². The fourth-order valence-electron chi connectivity index (χ4n) is 2.05. The summed E-state index contributed by atoms with van der Waals surface area (Å²) in [4.78, 5) is 26.1. The van der Waals surface area contributed by atoms with E-state index in [0.717, 1.165) is 17.7 Å². The summed E-state index contributed by atoms with van der Waals surface area (Å²) >= 11 is 5.76. The van der Waals surface area contributed by atoms with Crippen LogP contribution in [0.2, 0.25) is 5.15 Å². The van der Waals surface area contributed by atoms with Crippen LogP contribution in [-0.4, -0.2) is 24.9 Å². The van der Waals surface area contributed by atoms with Crippen molar-refractivity contribution in [3.8, 4) is 0 Å². The number of nitro groups is 1. The number of benzene rings is 1. The van der Waals surface area contributed by atoms with Crippen molar-refractivity contribution >= 4 is 40.3 Å². The molecule has 0 aliphatic rings. The molecule has 0 aliphatic carbocycles. The van der Waals surface area contributed by atoms with Gasteiger partial charge in [-0.15, -0.1) is 0 Å². The zero-order valence-electron chi connectivity index (χ0n) is 13.0. The van der Waals surface area contributed by atoms with Crippen LogP contribution in [0.15, 0.2) is 43.0 Å². The molecular formula is C15H12ClN7O2. The number of nitrogens with one attached hydrogen (secondary N) is 2. The summed E-state index contributed by atoms with van der Waals surface area (Å²) in [6.07, 6.45) is 2.64. The molecule has 2 aromatic heterocycles. The average Bonchev–Trinajstić information content (AvgIpc) is 2.56. The first-order valence-corrected chi connectivity index (χ1v) is 7.48. The van der Waals surface area contributed by atoms with Gasteiger partial charge in [-0.3, -0.25) is 10.1 Å². The molecule has 10 heteroatoms. The quantitative estimate of drug-likeness (QED) is 0.403. The third kappa shape index (κ3) is 3.96. The molecule has 9 nitrogen and oxygen atoms in total. The predicted octanol–water partition coefficient (Wildman–Crippen LogP) is 3.62. The maximum atomic E-state index is 11.1. The van der Waals surface area contributed by atoms with Gasteiger partial charge in [0, 0.05) is 23.1 Å². The van der Waals surface area contributed by atoms with Gasteiger partial charge in [0.25, 0.3) is 0 Å². The van der Waals surface area contributed by atoms with Gasteiger partial charge < -0.3 is 10.6 Å². The molecule has 1 aromatic carbocycles. The summed E-state index contributed by atoms with van der Waals surface area (Å²) in [5.74, 6) is 0.698. The lowest BCUT2D eigenvalue weighted by Gasteiger charge is -2.09. The average molecular weight is 358 g/mol. The Morgan fingerprint density at radius 2 is 1.64 bits per heavy atom. The molecule has 25 heavy (non-hydrogen) atoms. The highest BCUT2D eigenvalue weighted by Gasteiger charge is 2.21. The molecule has 2 N–H and O–H groups in total. The van der Waals surface area contributed by atoms with Crippen molar-refractivity contribution in [1.82, 2.24) is 19.9 Å². The number of halogens is 1. The molecular weight excluding hydrogens is 346 g/mol. The molecule has 2 heterocycles. The van der Waals surface area contributed by atoms with Crippen LogP contribution in [0, 0.1) is 17.0 Å². The first kappa shape index (κ1) is 16.5. The van der Waals surface area contributed by atoms with Crippen molar-refractivity contribution < 1.29 is 4.92 Å². The van der Waals surface area contributed by atoms with E-state index in [0.29, 0.717) is 11.5 Å². The van der Waals surface area contributed by atoms with Gasteiger partial charge in [0.05, 0.1) is 4.92 Å². The number of rotatable bonds is 5. The van der Waals surface area contributed by atoms with Gasteiger partial charge in [0.15, 0.2) is 0 Å². The highest BCUT2D eigenvalue weighted by atomic mass is 35.5. The Labute approximate surface area is 147 Å². The minimum absolute atomic E-state index is 0.0251. The summed E-state index contributed by atoms with van der Waals surface area (Å²) in [7, 11) is 0. The van der Waals surface area contributed by atoms with Gasteiger partial charge in [-0.2, -0.15) is 0 Å². The van der Waals surface area contributed by atoms with E-state index in [-0.39, 0.29) is 16.7 Å². The van der Waals surface area contributed by atoms with Crippen molar-refractivity contribution in [2.45, 2.75) is 6.92 Å². The highest BCUT2D eigenvalue weighted by Crippen LogP contribution is 2.31. The Morgan fingerprint density at radius 1 is 1.00 bits per heavy atom. The van der Waals surface area contributed by atoms with Gasteiger partial charge in [-0.25, -0.2) is 19.9 Å². The van der Waals surface area contributed by atoms with Gasteiger partial charge in [0.1, 0.15) is 18.5 Å². The first-order chi connectivity index (χ1) is 12.0. The van der Waals surface area contributed by atoms with E-state index in [1.54, 1.807) is 24.3 Å². The first-order valence-electron chi connectivity index (χ1n) is 7.10. The molecule has 0 aliphatic heterocycles. The highest BCUT2D eigenvalue weighted by molar-refractivity contribution is 6.31. The van der Waals surface area contributed by atoms with E-state index >= 15 is 0 Å². The maximum Gasteiger partial charge on any atom is 0.348 e. The second kappa shape index (κ2) is 7.05. The predicted molar refractivity (Wildman–Crippen MR) is 93.5 cm³/mol. The third-order valence-corrected chi connectivity index (χ3v) is 3.46. The van der Waals surface area contributed by atoms with Crippen molar-refractivity contribution in [1.29, 1.82) is 0 Å². The summed E-state index contributed by atoms with van der Waals surface area (Å²) in [6.45, 7) is 1.87. The maximum absolute atomic E-state index is 11.1. The van der Waals surface area contributed by atoms with E-state index in [4.69, 9.17) is 11.6 Å². The molecule has 3 aromatic rings. The lowest BCUT2D eigenvalue weighted by molar-refractivity contribution is -0.384. The van der Waals surface area contributed by atoms with Crippen LogP contribution in [0.3, 0.4) is 0 Å². The summed E-state index contributed by atoms with van der Waals surface area (Å²) in [5.41, 5.74) is 1.90. The van der Waals surface area contributed by atoms with E-state index in [2.05, 4.69) is 30.6 Å². The Hall–Kier alpha value is -3.33. The van der Waals surface area contributed by atoms with Crippen molar-refractivity contribution in [3.63, 3.8) is 0 Å². The smallest absolute Gasteiger partial charge is 0.340 e. The van der Waals surface area contributed by atoms with Crippen LogP contribution in [0.1, 0.15) is 5.69 Å². The number of hydrogen-bond acceptors (Lipinski definition) is 8. The van der Waals surface area contributed by atoms with Crippen LogP contribution in [0.5, 0.6) is 0 Å². The Morgan fingerprint density at radius 3 is 2.28 bits per heavy atom. The Bertz CT molecular complexity index is 918. The van der Waals surface area contributed by atoms with Crippen LogP contribution in [0.25, 0.3) is 0 Å². The molecule has 0 saturated carbocycles. The number of nitrogens with zero attached hydrogens (tertiary/aromatic N) is 5. The summed E-state index contributed by atoms with van der Waals surface area (Å²) < 4.78 is 0. The number of hydrogen-bond donors (Lipinski definition) is 2.